The second-order valence-electron chi connectivity index (χ2n) is 6.67. The van der Waals surface area contributed by atoms with Crippen LogP contribution >= 0.6 is 0 Å². The predicted molar refractivity (Wildman–Crippen MR) is 118 cm³/mol. The van der Waals surface area contributed by atoms with Crippen molar-refractivity contribution in [1.82, 2.24) is 0 Å². The van der Waals surface area contributed by atoms with Crippen molar-refractivity contribution >= 4 is 34.6 Å². The molecule has 32 heavy (non-hydrogen) atoms. The van der Waals surface area contributed by atoms with Crippen LogP contribution in [-0.2, 0) is 0 Å². The molecule has 0 saturated carbocycles. The van der Waals surface area contributed by atoms with Gasteiger partial charge in [0.2, 0.25) is 0 Å². The zero-order valence-corrected chi connectivity index (χ0v) is 16.9. The molecular formula is C22H18N4O6. The third-order valence-electron chi connectivity index (χ3n) is 4.61. The van der Waals surface area contributed by atoms with Crippen LogP contribution in [0.3, 0.4) is 0 Å². The van der Waals surface area contributed by atoms with Gasteiger partial charge < -0.3 is 10.2 Å². The van der Waals surface area contributed by atoms with Gasteiger partial charge in [0, 0.05) is 35.6 Å². The van der Waals surface area contributed by atoms with Gasteiger partial charge in [-0.2, -0.15) is 0 Å². The first-order valence-corrected chi connectivity index (χ1v) is 9.52. The summed E-state index contributed by atoms with van der Waals surface area (Å²) in [5, 5.41) is 24.5. The molecule has 0 bridgehead atoms. The van der Waals surface area contributed by atoms with Crippen LogP contribution in [0.1, 0.15) is 27.6 Å². The maximum Gasteiger partial charge on any atom is 0.277 e. The molecule has 3 rings (SSSR count). The normalized spacial score (nSPS) is 10.3. The van der Waals surface area contributed by atoms with Crippen LogP contribution in [0.15, 0.2) is 72.8 Å². The van der Waals surface area contributed by atoms with Crippen LogP contribution < -0.4 is 10.2 Å². The molecule has 1 N–H and O–H groups in total. The summed E-state index contributed by atoms with van der Waals surface area (Å²) in [5.74, 6) is -0.971. The number of non-ortho nitro benzene ring substituents is 2. The zero-order chi connectivity index (χ0) is 23.3. The van der Waals surface area contributed by atoms with Gasteiger partial charge in [-0.1, -0.05) is 18.2 Å². The minimum Gasteiger partial charge on any atom is -0.322 e. The van der Waals surface area contributed by atoms with Gasteiger partial charge in [-0.3, -0.25) is 29.8 Å². The summed E-state index contributed by atoms with van der Waals surface area (Å²) in [6.07, 6.45) is 0. The number of nitrogens with zero attached hydrogens (tertiary/aromatic N) is 3. The largest absolute Gasteiger partial charge is 0.322 e. The van der Waals surface area contributed by atoms with Crippen LogP contribution in [-0.4, -0.2) is 28.2 Å². The number of nitrogens with one attached hydrogen (secondary N) is 1. The zero-order valence-electron chi connectivity index (χ0n) is 16.9. The minimum absolute atomic E-state index is 0.217. The Balaban J connectivity index is 1.78. The molecule has 162 valence electrons. The minimum atomic E-state index is -0.809. The lowest BCUT2D eigenvalue weighted by Gasteiger charge is -2.21. The molecule has 0 heterocycles. The molecular weight excluding hydrogens is 416 g/mol. The maximum absolute atomic E-state index is 12.8. The van der Waals surface area contributed by atoms with E-state index >= 15 is 0 Å². The number of anilines is 2. The van der Waals surface area contributed by atoms with Crippen molar-refractivity contribution in [2.75, 3.05) is 16.8 Å². The average Bonchev–Trinajstić information content (AvgIpc) is 2.80. The Hall–Kier alpha value is -4.60. The van der Waals surface area contributed by atoms with Crippen molar-refractivity contribution in [1.29, 1.82) is 0 Å². The van der Waals surface area contributed by atoms with Crippen molar-refractivity contribution in [2.45, 2.75) is 6.92 Å². The molecule has 0 unspecified atom stereocenters. The third kappa shape index (κ3) is 4.93. The van der Waals surface area contributed by atoms with Gasteiger partial charge in [0.25, 0.3) is 23.2 Å². The quantitative estimate of drug-likeness (QED) is 0.432. The first-order valence-electron chi connectivity index (χ1n) is 9.52. The number of hydrogen-bond donors (Lipinski definition) is 1. The third-order valence-corrected chi connectivity index (χ3v) is 4.61. The van der Waals surface area contributed by atoms with Crippen LogP contribution in [0.25, 0.3) is 0 Å². The monoisotopic (exact) mass is 434 g/mol. The molecule has 2 amide bonds. The number of para-hydroxylation sites is 1. The SMILES string of the molecule is CCN(C(=O)c1ccc(NC(=O)c2cc([N+](=O)[O-])cc([N+](=O)[O-])c2)cc1)c1ccccc1. The van der Waals surface area contributed by atoms with Crippen LogP contribution in [0.2, 0.25) is 0 Å². The highest BCUT2D eigenvalue weighted by molar-refractivity contribution is 6.07. The molecule has 0 aliphatic rings. The van der Waals surface area contributed by atoms with Crippen molar-refractivity contribution in [3.8, 4) is 0 Å². The summed E-state index contributed by atoms with van der Waals surface area (Å²) in [5.41, 5.74) is 0.122. The van der Waals surface area contributed by atoms with Crippen LogP contribution in [0.5, 0.6) is 0 Å². The fraction of sp³-hybridized carbons (Fsp3) is 0.0909. The van der Waals surface area contributed by atoms with E-state index in [-0.39, 0.29) is 11.5 Å². The Kier molecular flexibility index (Phi) is 6.54. The van der Waals surface area contributed by atoms with E-state index in [1.165, 1.54) is 12.1 Å². The first kappa shape index (κ1) is 22.1. The number of nitro benzene ring substituents is 2. The Labute approximate surface area is 182 Å². The van der Waals surface area contributed by atoms with Crippen molar-refractivity contribution in [3.05, 3.63) is 104 Å². The molecule has 10 nitrogen and oxygen atoms in total. The van der Waals surface area contributed by atoms with Crippen LogP contribution in [0.4, 0.5) is 22.7 Å². The van der Waals surface area contributed by atoms with E-state index in [4.69, 9.17) is 0 Å². The van der Waals surface area contributed by atoms with E-state index in [9.17, 15) is 29.8 Å². The lowest BCUT2D eigenvalue weighted by molar-refractivity contribution is -0.394. The lowest BCUT2D eigenvalue weighted by Crippen LogP contribution is -2.30. The van der Waals surface area contributed by atoms with Crippen molar-refractivity contribution < 1.29 is 19.4 Å². The van der Waals surface area contributed by atoms with E-state index < -0.39 is 27.1 Å². The molecule has 0 saturated heterocycles. The molecule has 0 aliphatic heterocycles. The summed E-state index contributed by atoms with van der Waals surface area (Å²) >= 11 is 0. The summed E-state index contributed by atoms with van der Waals surface area (Å²) < 4.78 is 0. The van der Waals surface area contributed by atoms with E-state index in [0.29, 0.717) is 17.8 Å². The number of benzene rings is 3. The molecule has 10 heteroatoms. The topological polar surface area (TPSA) is 136 Å². The molecule has 0 fully saturated rings. The number of hydrogen-bond acceptors (Lipinski definition) is 6. The first-order chi connectivity index (χ1) is 15.3. The van der Waals surface area contributed by atoms with Gasteiger partial charge in [0.05, 0.1) is 21.5 Å². The van der Waals surface area contributed by atoms with Gasteiger partial charge >= 0.3 is 0 Å². The lowest BCUT2D eigenvalue weighted by atomic mass is 10.1. The number of nitro groups is 2. The smallest absolute Gasteiger partial charge is 0.277 e. The van der Waals surface area contributed by atoms with E-state index in [2.05, 4.69) is 5.32 Å². The highest BCUT2D eigenvalue weighted by atomic mass is 16.6. The van der Waals surface area contributed by atoms with E-state index in [1.54, 1.807) is 17.0 Å². The summed E-state index contributed by atoms with van der Waals surface area (Å²) in [4.78, 5) is 47.3. The van der Waals surface area contributed by atoms with Gasteiger partial charge in [0.15, 0.2) is 0 Å². The number of carbonyl (C=O) groups is 2. The maximum atomic E-state index is 12.8. The van der Waals surface area contributed by atoms with Gasteiger partial charge in [0.1, 0.15) is 0 Å². The van der Waals surface area contributed by atoms with Crippen molar-refractivity contribution in [3.63, 3.8) is 0 Å². The Morgan fingerprint density at radius 3 is 1.91 bits per heavy atom. The second-order valence-corrected chi connectivity index (χ2v) is 6.67. The second kappa shape index (κ2) is 9.47. The number of amides is 2. The molecule has 0 aromatic heterocycles. The molecule has 3 aromatic carbocycles. The highest BCUT2D eigenvalue weighted by Gasteiger charge is 2.20. The highest BCUT2D eigenvalue weighted by Crippen LogP contribution is 2.24. The Bertz CT molecular complexity index is 1150. The standard InChI is InChI=1S/C22H18N4O6/c1-2-24(18-6-4-3-5-7-18)22(28)15-8-10-17(11-9-15)23-21(27)16-12-19(25(29)30)14-20(13-16)26(31)32/h3-14H,2H2,1H3,(H,23,27). The summed E-state index contributed by atoms with van der Waals surface area (Å²) in [6.45, 7) is 2.32. The fourth-order valence-corrected chi connectivity index (χ4v) is 3.04. The van der Waals surface area contributed by atoms with Gasteiger partial charge in [-0.15, -0.1) is 0 Å². The molecule has 0 atom stereocenters. The molecule has 0 radical (unpaired) electrons. The molecule has 0 spiro atoms. The van der Waals surface area contributed by atoms with Crippen molar-refractivity contribution in [2.24, 2.45) is 0 Å². The number of carbonyl (C=O) groups excluding carboxylic acids is 2. The average molecular weight is 434 g/mol. The Morgan fingerprint density at radius 1 is 0.844 bits per heavy atom. The summed E-state index contributed by atoms with van der Waals surface area (Å²) in [6, 6.07) is 18.0. The van der Waals surface area contributed by atoms with Crippen LogP contribution in [0, 0.1) is 20.2 Å². The predicted octanol–water partition coefficient (Wildman–Crippen LogP) is 4.42. The van der Waals surface area contributed by atoms with Gasteiger partial charge in [-0.25, -0.2) is 0 Å². The van der Waals surface area contributed by atoms with Gasteiger partial charge in [-0.05, 0) is 43.3 Å². The fourth-order valence-electron chi connectivity index (χ4n) is 3.04. The van der Waals surface area contributed by atoms with E-state index in [0.717, 1.165) is 23.9 Å². The number of rotatable bonds is 7. The molecule has 3 aromatic rings. The van der Waals surface area contributed by atoms with E-state index in [1.807, 2.05) is 37.3 Å². The Morgan fingerprint density at radius 2 is 1.41 bits per heavy atom. The summed E-state index contributed by atoms with van der Waals surface area (Å²) in [7, 11) is 0. The molecule has 0 aliphatic carbocycles.